The largest absolute Gasteiger partial charge is 0.491 e. The molecule has 0 heterocycles. The van der Waals surface area contributed by atoms with E-state index in [1.54, 1.807) is 6.07 Å². The predicted molar refractivity (Wildman–Crippen MR) is 67.4 cm³/mol. The topological polar surface area (TPSA) is 44.8 Å². The molecule has 0 saturated carbocycles. The Bertz CT molecular complexity index is 354. The van der Waals surface area contributed by atoms with E-state index in [0.717, 1.165) is 0 Å². The molecule has 0 atom stereocenters. The molecule has 0 bridgehead atoms. The van der Waals surface area contributed by atoms with E-state index in [2.05, 4.69) is 6.07 Å². The molecule has 1 rings (SSSR count). The van der Waals surface area contributed by atoms with Gasteiger partial charge in [0.1, 0.15) is 24.6 Å². The molecule has 0 saturated heterocycles. The van der Waals surface area contributed by atoms with Gasteiger partial charge in [-0.1, -0.05) is 18.2 Å². The number of ether oxygens (including phenoxy) is 3. The molecular weight excluding hydrogens is 232 g/mol. The van der Waals surface area contributed by atoms with Crippen LogP contribution in [0.1, 0.15) is 20.8 Å². The molecule has 0 aliphatic carbocycles. The van der Waals surface area contributed by atoms with E-state index in [-0.39, 0.29) is 12.6 Å². The third-order valence-corrected chi connectivity index (χ3v) is 1.81. The average Bonchev–Trinajstić information content (AvgIpc) is 2.27. The van der Waals surface area contributed by atoms with Crippen molar-refractivity contribution in [1.29, 1.82) is 0 Å². The summed E-state index contributed by atoms with van der Waals surface area (Å²) in [5.74, 6) is 0.298. The van der Waals surface area contributed by atoms with Gasteiger partial charge in [0.15, 0.2) is 0 Å². The van der Waals surface area contributed by atoms with E-state index in [0.29, 0.717) is 19.0 Å². The van der Waals surface area contributed by atoms with E-state index in [1.165, 1.54) is 0 Å². The number of hydrogen-bond acceptors (Lipinski definition) is 4. The minimum Gasteiger partial charge on any atom is -0.491 e. The zero-order valence-corrected chi connectivity index (χ0v) is 11.1. The fraction of sp³-hybridized carbons (Fsp3) is 0.500. The first-order chi connectivity index (χ1) is 8.47. The van der Waals surface area contributed by atoms with Gasteiger partial charge in [-0.3, -0.25) is 0 Å². The van der Waals surface area contributed by atoms with Gasteiger partial charge >= 0.3 is 5.97 Å². The molecule has 0 N–H and O–H groups in total. The molecule has 0 amide bonds. The highest BCUT2D eigenvalue weighted by Crippen LogP contribution is 2.07. The minimum atomic E-state index is -0.476. The maximum Gasteiger partial charge on any atom is 0.332 e. The van der Waals surface area contributed by atoms with Gasteiger partial charge in [0, 0.05) is 6.07 Å². The Hall–Kier alpha value is -1.55. The van der Waals surface area contributed by atoms with Crippen LogP contribution in [-0.4, -0.2) is 31.4 Å². The standard InChI is InChI=1S/C14H19O4/c1-14(2,3)18-13(15)11-16-9-10-17-12-7-5-4-6-8-12/h4-7H,9-11H2,1-3H3. The van der Waals surface area contributed by atoms with E-state index < -0.39 is 5.60 Å². The number of esters is 1. The molecule has 4 nitrogen and oxygen atoms in total. The van der Waals surface area contributed by atoms with Gasteiger partial charge in [-0.15, -0.1) is 0 Å². The lowest BCUT2D eigenvalue weighted by atomic mass is 10.2. The second-order valence-electron chi connectivity index (χ2n) is 4.71. The van der Waals surface area contributed by atoms with Crippen LogP contribution in [0.25, 0.3) is 0 Å². The van der Waals surface area contributed by atoms with E-state index >= 15 is 0 Å². The lowest BCUT2D eigenvalue weighted by molar-refractivity contribution is -0.160. The summed E-state index contributed by atoms with van der Waals surface area (Å²) in [4.78, 5) is 11.3. The number of hydrogen-bond donors (Lipinski definition) is 0. The Balaban J connectivity index is 2.07. The van der Waals surface area contributed by atoms with Crippen molar-refractivity contribution in [2.24, 2.45) is 0 Å². The molecule has 18 heavy (non-hydrogen) atoms. The second-order valence-corrected chi connectivity index (χ2v) is 4.71. The van der Waals surface area contributed by atoms with Crippen molar-refractivity contribution in [1.82, 2.24) is 0 Å². The highest BCUT2D eigenvalue weighted by Gasteiger charge is 2.15. The third kappa shape index (κ3) is 6.91. The Morgan fingerprint density at radius 3 is 2.67 bits per heavy atom. The summed E-state index contributed by atoms with van der Waals surface area (Å²) in [6.07, 6.45) is 0. The van der Waals surface area contributed by atoms with Crippen LogP contribution in [0.4, 0.5) is 0 Å². The van der Waals surface area contributed by atoms with Gasteiger partial charge in [-0.25, -0.2) is 4.79 Å². The molecule has 0 aliphatic heterocycles. The van der Waals surface area contributed by atoms with Crippen molar-refractivity contribution in [3.8, 4) is 5.75 Å². The summed E-state index contributed by atoms with van der Waals surface area (Å²) in [6, 6.07) is 10.3. The van der Waals surface area contributed by atoms with E-state index in [4.69, 9.17) is 14.2 Å². The molecule has 0 aromatic heterocycles. The normalized spacial score (nSPS) is 11.1. The number of carbonyl (C=O) groups is 1. The Labute approximate surface area is 108 Å². The monoisotopic (exact) mass is 251 g/mol. The van der Waals surface area contributed by atoms with Gasteiger partial charge in [0.05, 0.1) is 6.61 Å². The first-order valence-electron chi connectivity index (χ1n) is 5.86. The van der Waals surface area contributed by atoms with Gasteiger partial charge in [-0.05, 0) is 26.8 Å². The first kappa shape index (κ1) is 14.5. The zero-order valence-electron chi connectivity index (χ0n) is 11.1. The summed E-state index contributed by atoms with van der Waals surface area (Å²) in [5.41, 5.74) is -0.476. The van der Waals surface area contributed by atoms with Crippen LogP contribution in [0, 0.1) is 6.07 Å². The summed E-state index contributed by atoms with van der Waals surface area (Å²) in [6.45, 7) is 6.11. The SMILES string of the molecule is CC(C)(C)OC(=O)COCCOc1[c]cccc1. The van der Waals surface area contributed by atoms with Gasteiger partial charge in [-0.2, -0.15) is 0 Å². The molecule has 0 spiro atoms. The quantitative estimate of drug-likeness (QED) is 0.574. The van der Waals surface area contributed by atoms with Crippen molar-refractivity contribution in [3.63, 3.8) is 0 Å². The molecule has 1 radical (unpaired) electrons. The molecule has 1 aromatic carbocycles. The van der Waals surface area contributed by atoms with E-state index in [9.17, 15) is 4.79 Å². The van der Waals surface area contributed by atoms with Crippen molar-refractivity contribution < 1.29 is 19.0 Å². The minimum absolute atomic E-state index is 0.0564. The highest BCUT2D eigenvalue weighted by molar-refractivity contribution is 5.71. The van der Waals surface area contributed by atoms with Crippen LogP contribution in [0.3, 0.4) is 0 Å². The van der Waals surface area contributed by atoms with Crippen LogP contribution in [0.15, 0.2) is 24.3 Å². The maximum absolute atomic E-state index is 11.3. The maximum atomic E-state index is 11.3. The van der Waals surface area contributed by atoms with Gasteiger partial charge < -0.3 is 14.2 Å². The van der Waals surface area contributed by atoms with E-state index in [1.807, 2.05) is 39.0 Å². The smallest absolute Gasteiger partial charge is 0.332 e. The van der Waals surface area contributed by atoms with Crippen LogP contribution in [0.5, 0.6) is 5.75 Å². The summed E-state index contributed by atoms with van der Waals surface area (Å²) < 4.78 is 15.6. The van der Waals surface area contributed by atoms with Gasteiger partial charge in [0.25, 0.3) is 0 Å². The zero-order chi connectivity index (χ0) is 13.4. The number of benzene rings is 1. The Morgan fingerprint density at radius 2 is 2.06 bits per heavy atom. The van der Waals surface area contributed by atoms with Crippen molar-refractivity contribution >= 4 is 5.97 Å². The highest BCUT2D eigenvalue weighted by atomic mass is 16.6. The Kier molecular flexibility index (Phi) is 5.65. The summed E-state index contributed by atoms with van der Waals surface area (Å²) >= 11 is 0. The predicted octanol–water partition coefficient (Wildman–Crippen LogP) is 2.22. The number of rotatable bonds is 6. The Morgan fingerprint density at radius 1 is 1.28 bits per heavy atom. The van der Waals surface area contributed by atoms with Gasteiger partial charge in [0.2, 0.25) is 0 Å². The van der Waals surface area contributed by atoms with Crippen molar-refractivity contribution in [2.75, 3.05) is 19.8 Å². The lowest BCUT2D eigenvalue weighted by Gasteiger charge is -2.19. The summed E-state index contributed by atoms with van der Waals surface area (Å²) in [5, 5.41) is 0. The number of carbonyl (C=O) groups excluding carboxylic acids is 1. The molecule has 1 aromatic rings. The fourth-order valence-electron chi connectivity index (χ4n) is 1.20. The third-order valence-electron chi connectivity index (χ3n) is 1.81. The lowest BCUT2D eigenvalue weighted by Crippen LogP contribution is -2.27. The second kappa shape index (κ2) is 7.01. The van der Waals surface area contributed by atoms with Crippen LogP contribution in [0.2, 0.25) is 0 Å². The molecule has 4 heteroatoms. The molecule has 0 fully saturated rings. The fourth-order valence-corrected chi connectivity index (χ4v) is 1.20. The van der Waals surface area contributed by atoms with Crippen LogP contribution < -0.4 is 4.74 Å². The number of para-hydroxylation sites is 1. The molecule has 0 unspecified atom stereocenters. The van der Waals surface area contributed by atoms with Crippen molar-refractivity contribution in [2.45, 2.75) is 26.4 Å². The first-order valence-corrected chi connectivity index (χ1v) is 5.86. The molecule has 0 aliphatic rings. The molecular formula is C14H19O4. The van der Waals surface area contributed by atoms with Crippen LogP contribution >= 0.6 is 0 Å². The summed E-state index contributed by atoms with van der Waals surface area (Å²) in [7, 11) is 0. The van der Waals surface area contributed by atoms with Crippen LogP contribution in [-0.2, 0) is 14.3 Å². The molecule has 99 valence electrons. The van der Waals surface area contributed by atoms with Crippen molar-refractivity contribution in [3.05, 3.63) is 30.3 Å². The average molecular weight is 251 g/mol.